The lowest BCUT2D eigenvalue weighted by atomic mass is 10.0. The monoisotopic (exact) mass is 402 g/mol. The molecule has 4 aromatic rings. The van der Waals surface area contributed by atoms with Crippen molar-refractivity contribution < 1.29 is 18.9 Å². The van der Waals surface area contributed by atoms with Crippen molar-refractivity contribution >= 4 is 10.8 Å². The molecule has 0 amide bonds. The minimum absolute atomic E-state index is 0.141. The number of nitrogens with zero attached hydrogens (tertiary/aromatic N) is 2. The van der Waals surface area contributed by atoms with Crippen molar-refractivity contribution in [1.82, 2.24) is 9.55 Å². The van der Waals surface area contributed by atoms with E-state index in [0.717, 1.165) is 10.9 Å². The Bertz CT molecular complexity index is 1310. The summed E-state index contributed by atoms with van der Waals surface area (Å²) in [6.07, 6.45) is 1.66. The number of methoxy groups -OCH3 is 2. The van der Waals surface area contributed by atoms with Crippen molar-refractivity contribution in [2.75, 3.05) is 21.0 Å². The van der Waals surface area contributed by atoms with Crippen LogP contribution in [0.5, 0.6) is 23.0 Å². The third-order valence-electron chi connectivity index (χ3n) is 5.07. The highest BCUT2D eigenvalue weighted by Crippen LogP contribution is 2.38. The van der Waals surface area contributed by atoms with Crippen LogP contribution in [0.1, 0.15) is 0 Å². The second kappa shape index (κ2) is 7.11. The fourth-order valence-corrected chi connectivity index (χ4v) is 3.63. The van der Waals surface area contributed by atoms with Crippen LogP contribution in [0.4, 0.5) is 0 Å². The smallest absolute Gasteiger partial charge is 0.264 e. The van der Waals surface area contributed by atoms with E-state index in [2.05, 4.69) is 4.98 Å². The van der Waals surface area contributed by atoms with Gasteiger partial charge in [0.2, 0.25) is 6.79 Å². The molecule has 150 valence electrons. The first kappa shape index (κ1) is 18.1. The standard InChI is InChI=1S/C23H18N2O5/c1-27-18-7-6-14(10-19(18)28-2)17-9-15-11-20-21(30-13-29-20)12-16(15)23(26)25(17)22-5-3-4-8-24-22/h3-12H,13H2,1-2H3. The topological polar surface area (TPSA) is 71.8 Å². The molecule has 1 aliphatic rings. The Hall–Kier alpha value is -4.00. The van der Waals surface area contributed by atoms with Crippen molar-refractivity contribution in [2.24, 2.45) is 0 Å². The number of fused-ring (bicyclic) bond motifs is 2. The fraction of sp³-hybridized carbons (Fsp3) is 0.130. The molecule has 7 nitrogen and oxygen atoms in total. The fourth-order valence-electron chi connectivity index (χ4n) is 3.63. The van der Waals surface area contributed by atoms with Gasteiger partial charge in [0.1, 0.15) is 5.82 Å². The first-order chi connectivity index (χ1) is 14.7. The molecule has 2 aromatic carbocycles. The van der Waals surface area contributed by atoms with E-state index in [1.165, 1.54) is 0 Å². The van der Waals surface area contributed by atoms with Crippen molar-refractivity contribution in [2.45, 2.75) is 0 Å². The van der Waals surface area contributed by atoms with Crippen LogP contribution in [0, 0.1) is 0 Å². The summed E-state index contributed by atoms with van der Waals surface area (Å²) in [5, 5.41) is 1.27. The summed E-state index contributed by atoms with van der Waals surface area (Å²) in [6, 6.07) is 16.5. The van der Waals surface area contributed by atoms with Gasteiger partial charge in [-0.2, -0.15) is 0 Å². The molecule has 0 spiro atoms. The van der Waals surface area contributed by atoms with Crippen LogP contribution in [0.3, 0.4) is 0 Å². The summed E-state index contributed by atoms with van der Waals surface area (Å²) < 4.78 is 23.4. The van der Waals surface area contributed by atoms with E-state index in [-0.39, 0.29) is 12.4 Å². The maximum atomic E-state index is 13.6. The van der Waals surface area contributed by atoms with Gasteiger partial charge in [-0.1, -0.05) is 6.07 Å². The molecule has 0 aliphatic carbocycles. The van der Waals surface area contributed by atoms with Crippen molar-refractivity contribution in [3.63, 3.8) is 0 Å². The van der Waals surface area contributed by atoms with Gasteiger partial charge < -0.3 is 18.9 Å². The zero-order chi connectivity index (χ0) is 20.7. The molecule has 0 saturated heterocycles. The Kier molecular flexibility index (Phi) is 4.28. The van der Waals surface area contributed by atoms with Crippen LogP contribution >= 0.6 is 0 Å². The highest BCUT2D eigenvalue weighted by atomic mass is 16.7. The van der Waals surface area contributed by atoms with Gasteiger partial charge in [0, 0.05) is 11.8 Å². The third-order valence-corrected chi connectivity index (χ3v) is 5.07. The summed E-state index contributed by atoms with van der Waals surface area (Å²) in [5.74, 6) is 2.88. The first-order valence-corrected chi connectivity index (χ1v) is 9.33. The van der Waals surface area contributed by atoms with Gasteiger partial charge >= 0.3 is 0 Å². The highest BCUT2D eigenvalue weighted by Gasteiger charge is 2.20. The summed E-state index contributed by atoms with van der Waals surface area (Å²) in [7, 11) is 3.16. The molecule has 0 fully saturated rings. The molecule has 0 N–H and O–H groups in total. The molecule has 0 saturated carbocycles. The van der Waals surface area contributed by atoms with Crippen LogP contribution in [-0.2, 0) is 0 Å². The van der Waals surface area contributed by atoms with Gasteiger partial charge in [-0.25, -0.2) is 4.98 Å². The number of benzene rings is 2. The predicted molar refractivity (Wildman–Crippen MR) is 112 cm³/mol. The van der Waals surface area contributed by atoms with Gasteiger partial charge in [-0.3, -0.25) is 9.36 Å². The zero-order valence-electron chi connectivity index (χ0n) is 16.4. The van der Waals surface area contributed by atoms with Gasteiger partial charge in [0.25, 0.3) is 5.56 Å². The van der Waals surface area contributed by atoms with Gasteiger partial charge in [0.05, 0.1) is 25.3 Å². The lowest BCUT2D eigenvalue weighted by Crippen LogP contribution is -2.21. The third kappa shape index (κ3) is 2.83. The van der Waals surface area contributed by atoms with E-state index in [4.69, 9.17) is 18.9 Å². The Morgan fingerprint density at radius 1 is 0.933 bits per heavy atom. The molecule has 0 unspecified atom stereocenters. The molecule has 5 rings (SSSR count). The van der Waals surface area contributed by atoms with E-state index < -0.39 is 0 Å². The number of rotatable bonds is 4. The molecular formula is C23H18N2O5. The van der Waals surface area contributed by atoms with Crippen LogP contribution in [0.25, 0.3) is 27.8 Å². The SMILES string of the molecule is COc1ccc(-c2cc3cc4c(cc3c(=O)n2-c2ccccn2)OCO4)cc1OC. The van der Waals surface area contributed by atoms with E-state index in [9.17, 15) is 4.79 Å². The minimum atomic E-state index is -0.200. The summed E-state index contributed by atoms with van der Waals surface area (Å²) in [4.78, 5) is 18.0. The van der Waals surface area contributed by atoms with E-state index in [0.29, 0.717) is 39.9 Å². The van der Waals surface area contributed by atoms with Crippen LogP contribution in [0.15, 0.2) is 65.6 Å². The van der Waals surface area contributed by atoms with Gasteiger partial charge in [-0.15, -0.1) is 0 Å². The van der Waals surface area contributed by atoms with Crippen LogP contribution < -0.4 is 24.5 Å². The molecule has 2 aromatic heterocycles. The average molecular weight is 402 g/mol. The van der Waals surface area contributed by atoms with E-state index >= 15 is 0 Å². The summed E-state index contributed by atoms with van der Waals surface area (Å²) in [5.41, 5.74) is 1.26. The number of hydrogen-bond acceptors (Lipinski definition) is 6. The molecule has 7 heteroatoms. The highest BCUT2D eigenvalue weighted by molar-refractivity contribution is 5.89. The Morgan fingerprint density at radius 3 is 2.47 bits per heavy atom. The largest absolute Gasteiger partial charge is 0.493 e. The molecule has 3 heterocycles. The van der Waals surface area contributed by atoms with Crippen LogP contribution in [-0.4, -0.2) is 30.6 Å². The maximum absolute atomic E-state index is 13.6. The lowest BCUT2D eigenvalue weighted by Gasteiger charge is -2.16. The number of pyridine rings is 2. The summed E-state index contributed by atoms with van der Waals surface area (Å²) >= 11 is 0. The molecule has 0 radical (unpaired) electrons. The molecule has 30 heavy (non-hydrogen) atoms. The average Bonchev–Trinajstić information content (AvgIpc) is 3.25. The normalized spacial score (nSPS) is 12.2. The molecular weight excluding hydrogens is 384 g/mol. The Labute approximate surface area is 172 Å². The van der Waals surface area contributed by atoms with Crippen molar-refractivity contribution in [1.29, 1.82) is 0 Å². The Balaban J connectivity index is 1.84. The zero-order valence-corrected chi connectivity index (χ0v) is 16.4. The Morgan fingerprint density at radius 2 is 1.73 bits per heavy atom. The lowest BCUT2D eigenvalue weighted by molar-refractivity contribution is 0.174. The van der Waals surface area contributed by atoms with E-state index in [1.807, 2.05) is 42.5 Å². The van der Waals surface area contributed by atoms with Crippen LogP contribution in [0.2, 0.25) is 0 Å². The molecule has 1 aliphatic heterocycles. The van der Waals surface area contributed by atoms with Crippen molar-refractivity contribution in [3.05, 3.63) is 71.1 Å². The number of hydrogen-bond donors (Lipinski definition) is 0. The number of ether oxygens (including phenoxy) is 4. The maximum Gasteiger partial charge on any atom is 0.264 e. The molecule has 0 atom stereocenters. The quantitative estimate of drug-likeness (QED) is 0.517. The predicted octanol–water partition coefficient (Wildman–Crippen LogP) is 3.80. The summed E-state index contributed by atoms with van der Waals surface area (Å²) in [6.45, 7) is 0.141. The second-order valence-electron chi connectivity index (χ2n) is 6.72. The molecule has 0 bridgehead atoms. The second-order valence-corrected chi connectivity index (χ2v) is 6.72. The van der Waals surface area contributed by atoms with Gasteiger partial charge in [0.15, 0.2) is 23.0 Å². The van der Waals surface area contributed by atoms with Crippen molar-refractivity contribution in [3.8, 4) is 40.1 Å². The van der Waals surface area contributed by atoms with Gasteiger partial charge in [-0.05, 0) is 53.9 Å². The van der Waals surface area contributed by atoms with E-state index in [1.54, 1.807) is 37.1 Å². The number of aromatic nitrogens is 2. The first-order valence-electron chi connectivity index (χ1n) is 9.33. The minimum Gasteiger partial charge on any atom is -0.493 e.